The van der Waals surface area contributed by atoms with Gasteiger partial charge in [0.25, 0.3) is 0 Å². The van der Waals surface area contributed by atoms with Gasteiger partial charge in [0.05, 0.1) is 6.54 Å². The van der Waals surface area contributed by atoms with Gasteiger partial charge in [0, 0.05) is 19.0 Å². The van der Waals surface area contributed by atoms with Gasteiger partial charge in [-0.2, -0.15) is 0 Å². The Morgan fingerprint density at radius 3 is 2.85 bits per heavy atom. The van der Waals surface area contributed by atoms with E-state index in [2.05, 4.69) is 9.97 Å². The third kappa shape index (κ3) is 3.97. The quantitative estimate of drug-likeness (QED) is 0.881. The van der Waals surface area contributed by atoms with E-state index in [4.69, 9.17) is 15.2 Å². The van der Waals surface area contributed by atoms with Crippen LogP contribution in [0, 0.1) is 0 Å². The molecule has 0 bridgehead atoms. The topological polar surface area (TPSA) is 90.6 Å². The highest BCUT2D eigenvalue weighted by atomic mass is 16.6. The zero-order valence-corrected chi connectivity index (χ0v) is 12.0. The van der Waals surface area contributed by atoms with E-state index >= 15 is 0 Å². The number of likely N-dealkylation sites (tertiary alicyclic amines) is 1. The molecule has 7 heteroatoms. The molecule has 1 fully saturated rings. The van der Waals surface area contributed by atoms with E-state index in [1.54, 1.807) is 11.0 Å². The lowest BCUT2D eigenvalue weighted by atomic mass is 10.2. The number of carbonyl (C=O) groups excluding carboxylic acids is 1. The predicted molar refractivity (Wildman–Crippen MR) is 73.3 cm³/mol. The first kappa shape index (κ1) is 14.4. The van der Waals surface area contributed by atoms with E-state index in [1.165, 1.54) is 6.33 Å². The molecular formula is C13H20N4O3. The smallest absolute Gasteiger partial charge is 0.410 e. The SMILES string of the molecule is CC(C)(C)OC(=O)N1CC[C@@H](Oc2cc(N)ncn2)C1. The summed E-state index contributed by atoms with van der Waals surface area (Å²) < 4.78 is 11.0. The molecule has 2 rings (SSSR count). The van der Waals surface area contributed by atoms with Crippen molar-refractivity contribution < 1.29 is 14.3 Å². The third-order valence-corrected chi connectivity index (χ3v) is 2.75. The van der Waals surface area contributed by atoms with Crippen LogP contribution < -0.4 is 10.5 Å². The molecule has 1 aliphatic rings. The molecule has 0 spiro atoms. The van der Waals surface area contributed by atoms with Crippen molar-refractivity contribution in [3.63, 3.8) is 0 Å². The van der Waals surface area contributed by atoms with Crippen LogP contribution in [0.5, 0.6) is 5.88 Å². The van der Waals surface area contributed by atoms with Crippen LogP contribution >= 0.6 is 0 Å². The Balaban J connectivity index is 1.88. The molecule has 1 aromatic rings. The summed E-state index contributed by atoms with van der Waals surface area (Å²) in [6.07, 6.45) is 1.68. The highest BCUT2D eigenvalue weighted by Gasteiger charge is 2.31. The number of ether oxygens (including phenoxy) is 2. The van der Waals surface area contributed by atoms with Crippen LogP contribution in [0.25, 0.3) is 0 Å². The number of nitrogen functional groups attached to an aromatic ring is 1. The maximum Gasteiger partial charge on any atom is 0.410 e. The summed E-state index contributed by atoms with van der Waals surface area (Å²) in [5.41, 5.74) is 5.07. The summed E-state index contributed by atoms with van der Waals surface area (Å²) in [7, 11) is 0. The van der Waals surface area contributed by atoms with Gasteiger partial charge < -0.3 is 20.1 Å². The molecule has 0 unspecified atom stereocenters. The largest absolute Gasteiger partial charge is 0.472 e. The van der Waals surface area contributed by atoms with Gasteiger partial charge in [0.15, 0.2) is 0 Å². The number of anilines is 1. The summed E-state index contributed by atoms with van der Waals surface area (Å²) in [4.78, 5) is 21.3. The molecule has 1 aromatic heterocycles. The Hall–Kier alpha value is -2.05. The molecule has 0 radical (unpaired) electrons. The fraction of sp³-hybridized carbons (Fsp3) is 0.615. The van der Waals surface area contributed by atoms with Crippen molar-refractivity contribution in [3.8, 4) is 5.88 Å². The summed E-state index contributed by atoms with van der Waals surface area (Å²) in [6.45, 7) is 6.63. The highest BCUT2D eigenvalue weighted by molar-refractivity contribution is 5.68. The van der Waals surface area contributed by atoms with Crippen LogP contribution in [0.4, 0.5) is 10.6 Å². The van der Waals surface area contributed by atoms with Crippen LogP contribution in [0.1, 0.15) is 27.2 Å². The number of nitrogens with zero attached hydrogens (tertiary/aromatic N) is 3. The predicted octanol–water partition coefficient (Wildman–Crippen LogP) is 1.45. The fourth-order valence-electron chi connectivity index (χ4n) is 1.91. The van der Waals surface area contributed by atoms with Gasteiger partial charge >= 0.3 is 6.09 Å². The summed E-state index contributed by atoms with van der Waals surface area (Å²) in [5, 5.41) is 0. The molecule has 0 aromatic carbocycles. The first-order valence-electron chi connectivity index (χ1n) is 6.55. The second-order valence-electron chi connectivity index (χ2n) is 5.74. The summed E-state index contributed by atoms with van der Waals surface area (Å²) in [5.74, 6) is 0.783. The maximum atomic E-state index is 11.9. The van der Waals surface area contributed by atoms with E-state index in [1.807, 2.05) is 20.8 Å². The van der Waals surface area contributed by atoms with E-state index in [0.717, 1.165) is 6.42 Å². The lowest BCUT2D eigenvalue weighted by Crippen LogP contribution is -2.36. The maximum absolute atomic E-state index is 11.9. The van der Waals surface area contributed by atoms with Crippen molar-refractivity contribution in [2.24, 2.45) is 0 Å². The third-order valence-electron chi connectivity index (χ3n) is 2.75. The fourth-order valence-corrected chi connectivity index (χ4v) is 1.91. The van der Waals surface area contributed by atoms with Gasteiger partial charge in [-0.1, -0.05) is 0 Å². The Morgan fingerprint density at radius 2 is 2.20 bits per heavy atom. The molecule has 0 saturated carbocycles. The Morgan fingerprint density at radius 1 is 1.45 bits per heavy atom. The second-order valence-corrected chi connectivity index (χ2v) is 5.74. The molecular weight excluding hydrogens is 260 g/mol. The first-order chi connectivity index (χ1) is 9.33. The summed E-state index contributed by atoms with van der Waals surface area (Å²) >= 11 is 0. The Kier molecular flexibility index (Phi) is 3.96. The lowest BCUT2D eigenvalue weighted by molar-refractivity contribution is 0.0275. The molecule has 1 amide bonds. The van der Waals surface area contributed by atoms with Crippen molar-refractivity contribution in [2.75, 3.05) is 18.8 Å². The number of nitrogens with two attached hydrogens (primary N) is 1. The molecule has 2 heterocycles. The van der Waals surface area contributed by atoms with E-state index < -0.39 is 5.60 Å². The van der Waals surface area contributed by atoms with E-state index in [0.29, 0.717) is 24.8 Å². The Bertz CT molecular complexity index is 487. The normalized spacial score (nSPS) is 18.9. The van der Waals surface area contributed by atoms with Crippen molar-refractivity contribution in [3.05, 3.63) is 12.4 Å². The number of hydrogen-bond donors (Lipinski definition) is 1. The average Bonchev–Trinajstić information content (AvgIpc) is 2.75. The number of carbonyl (C=O) groups is 1. The van der Waals surface area contributed by atoms with Crippen LogP contribution in [0.2, 0.25) is 0 Å². The zero-order chi connectivity index (χ0) is 14.8. The number of hydrogen-bond acceptors (Lipinski definition) is 6. The van der Waals surface area contributed by atoms with Gasteiger partial charge in [-0.3, -0.25) is 0 Å². The monoisotopic (exact) mass is 280 g/mol. The highest BCUT2D eigenvalue weighted by Crippen LogP contribution is 2.19. The van der Waals surface area contributed by atoms with Crippen LogP contribution in [0.3, 0.4) is 0 Å². The molecule has 1 atom stereocenters. The van der Waals surface area contributed by atoms with Gasteiger partial charge in [0.2, 0.25) is 5.88 Å². The van der Waals surface area contributed by atoms with Crippen LogP contribution in [-0.4, -0.2) is 45.8 Å². The minimum atomic E-state index is -0.489. The standard InChI is InChI=1S/C13H20N4O3/c1-13(2,3)20-12(18)17-5-4-9(7-17)19-11-6-10(14)15-8-16-11/h6,8-9H,4-5,7H2,1-3H3,(H2,14,15,16)/t9-/m1/s1. The van der Waals surface area contributed by atoms with Crippen molar-refractivity contribution >= 4 is 11.9 Å². The van der Waals surface area contributed by atoms with Gasteiger partial charge in [-0.05, 0) is 20.8 Å². The molecule has 1 saturated heterocycles. The zero-order valence-electron chi connectivity index (χ0n) is 12.0. The van der Waals surface area contributed by atoms with Gasteiger partial charge in [-0.15, -0.1) is 0 Å². The minimum absolute atomic E-state index is 0.100. The van der Waals surface area contributed by atoms with Crippen molar-refractivity contribution in [2.45, 2.75) is 38.9 Å². The minimum Gasteiger partial charge on any atom is -0.472 e. The molecule has 0 aliphatic carbocycles. The van der Waals surface area contributed by atoms with Crippen molar-refractivity contribution in [1.29, 1.82) is 0 Å². The number of aromatic nitrogens is 2. The van der Waals surface area contributed by atoms with E-state index in [9.17, 15) is 4.79 Å². The van der Waals surface area contributed by atoms with Gasteiger partial charge in [-0.25, -0.2) is 14.8 Å². The first-order valence-corrected chi connectivity index (χ1v) is 6.55. The van der Waals surface area contributed by atoms with Crippen molar-refractivity contribution in [1.82, 2.24) is 14.9 Å². The second kappa shape index (κ2) is 5.52. The lowest BCUT2D eigenvalue weighted by Gasteiger charge is -2.24. The van der Waals surface area contributed by atoms with Crippen LogP contribution in [-0.2, 0) is 4.74 Å². The molecule has 1 aliphatic heterocycles. The molecule has 110 valence electrons. The number of rotatable bonds is 2. The summed E-state index contributed by atoms with van der Waals surface area (Å²) in [6, 6.07) is 1.57. The number of amides is 1. The molecule has 7 nitrogen and oxygen atoms in total. The molecule has 20 heavy (non-hydrogen) atoms. The molecule has 2 N–H and O–H groups in total. The average molecular weight is 280 g/mol. The van der Waals surface area contributed by atoms with Crippen LogP contribution in [0.15, 0.2) is 12.4 Å². The van der Waals surface area contributed by atoms with Gasteiger partial charge in [0.1, 0.15) is 23.9 Å². The van der Waals surface area contributed by atoms with E-state index in [-0.39, 0.29) is 12.2 Å². The Labute approximate surface area is 118 Å².